The number of carbonyl (C=O) groups excluding carboxylic acids is 1. The Balaban J connectivity index is 1.94. The quantitative estimate of drug-likeness (QED) is 0.647. The van der Waals surface area contributed by atoms with E-state index in [4.69, 9.17) is 9.47 Å². The minimum atomic E-state index is -0.216. The van der Waals surface area contributed by atoms with Crippen molar-refractivity contribution in [2.75, 3.05) is 26.3 Å². The lowest BCUT2D eigenvalue weighted by molar-refractivity contribution is -0.154. The van der Waals surface area contributed by atoms with Crippen LogP contribution in [0.3, 0.4) is 0 Å². The Hall–Kier alpha value is -0.610. The van der Waals surface area contributed by atoms with E-state index < -0.39 is 0 Å². The van der Waals surface area contributed by atoms with Crippen LogP contribution in [0.2, 0.25) is 0 Å². The summed E-state index contributed by atoms with van der Waals surface area (Å²) in [5.41, 5.74) is -0.216. The summed E-state index contributed by atoms with van der Waals surface area (Å²) in [5, 5.41) is 0. The Labute approximate surface area is 90.5 Å². The summed E-state index contributed by atoms with van der Waals surface area (Å²) in [4.78, 5) is 13.9. The van der Waals surface area contributed by atoms with E-state index in [0.717, 1.165) is 19.4 Å². The third kappa shape index (κ3) is 2.49. The third-order valence-electron chi connectivity index (χ3n) is 2.94. The molecular formula is C11H19NO3. The molecule has 15 heavy (non-hydrogen) atoms. The van der Waals surface area contributed by atoms with Gasteiger partial charge in [0.1, 0.15) is 6.10 Å². The molecule has 4 nitrogen and oxygen atoms in total. The highest BCUT2D eigenvalue weighted by atomic mass is 16.5. The van der Waals surface area contributed by atoms with Gasteiger partial charge in [-0.05, 0) is 26.7 Å². The van der Waals surface area contributed by atoms with Crippen LogP contribution in [0.15, 0.2) is 0 Å². The summed E-state index contributed by atoms with van der Waals surface area (Å²) in [6.07, 6.45) is 1.68. The summed E-state index contributed by atoms with van der Waals surface area (Å²) in [6, 6.07) is 0. The molecule has 0 N–H and O–H groups in total. The van der Waals surface area contributed by atoms with Crippen molar-refractivity contribution in [3.63, 3.8) is 0 Å². The van der Waals surface area contributed by atoms with E-state index in [-0.39, 0.29) is 17.6 Å². The number of hydrogen-bond acceptors (Lipinski definition) is 3. The minimum absolute atomic E-state index is 0.142. The van der Waals surface area contributed by atoms with Crippen molar-refractivity contribution in [3.8, 4) is 0 Å². The molecule has 2 rings (SSSR count). The second-order valence-electron chi connectivity index (χ2n) is 4.87. The van der Waals surface area contributed by atoms with Crippen LogP contribution in [-0.2, 0) is 14.3 Å². The van der Waals surface area contributed by atoms with Gasteiger partial charge in [0.05, 0.1) is 12.2 Å². The summed E-state index contributed by atoms with van der Waals surface area (Å²) in [6.45, 7) is 6.76. The summed E-state index contributed by atoms with van der Waals surface area (Å²) in [7, 11) is 0. The van der Waals surface area contributed by atoms with E-state index >= 15 is 0 Å². The van der Waals surface area contributed by atoms with Crippen molar-refractivity contribution in [2.24, 2.45) is 0 Å². The van der Waals surface area contributed by atoms with Crippen LogP contribution in [0.1, 0.15) is 26.7 Å². The van der Waals surface area contributed by atoms with Crippen molar-refractivity contribution in [1.29, 1.82) is 0 Å². The number of nitrogens with zero attached hydrogens (tertiary/aromatic N) is 1. The molecule has 0 aromatic rings. The molecule has 0 radical (unpaired) electrons. The van der Waals surface area contributed by atoms with Crippen LogP contribution < -0.4 is 0 Å². The molecule has 0 aliphatic carbocycles. The smallest absolute Gasteiger partial charge is 0.251 e. The predicted molar refractivity (Wildman–Crippen MR) is 55.6 cm³/mol. The van der Waals surface area contributed by atoms with Crippen LogP contribution >= 0.6 is 0 Å². The SMILES string of the molecule is CC1(C)CN(C(=O)[C@H]2CCCO2)CCO1. The molecule has 2 saturated heterocycles. The van der Waals surface area contributed by atoms with E-state index in [2.05, 4.69) is 0 Å². The Kier molecular flexibility index (Phi) is 2.98. The van der Waals surface area contributed by atoms with Crippen molar-refractivity contribution in [3.05, 3.63) is 0 Å². The fraction of sp³-hybridized carbons (Fsp3) is 0.909. The third-order valence-corrected chi connectivity index (χ3v) is 2.94. The molecule has 0 aromatic heterocycles. The zero-order valence-corrected chi connectivity index (χ0v) is 9.49. The summed E-state index contributed by atoms with van der Waals surface area (Å²) < 4.78 is 11.0. The van der Waals surface area contributed by atoms with Crippen molar-refractivity contribution in [2.45, 2.75) is 38.4 Å². The molecule has 86 valence electrons. The average molecular weight is 213 g/mol. The van der Waals surface area contributed by atoms with Crippen LogP contribution in [0.5, 0.6) is 0 Å². The van der Waals surface area contributed by atoms with Gasteiger partial charge in [0.15, 0.2) is 0 Å². The van der Waals surface area contributed by atoms with Gasteiger partial charge < -0.3 is 14.4 Å². The van der Waals surface area contributed by atoms with Gasteiger partial charge in [-0.2, -0.15) is 0 Å². The van der Waals surface area contributed by atoms with Gasteiger partial charge in [-0.1, -0.05) is 0 Å². The van der Waals surface area contributed by atoms with Crippen molar-refractivity contribution >= 4 is 5.91 Å². The molecule has 1 amide bonds. The molecule has 4 heteroatoms. The van der Waals surface area contributed by atoms with Crippen molar-refractivity contribution < 1.29 is 14.3 Å². The molecule has 2 fully saturated rings. The summed E-state index contributed by atoms with van der Waals surface area (Å²) >= 11 is 0. The first-order valence-electron chi connectivity index (χ1n) is 5.63. The van der Waals surface area contributed by atoms with Gasteiger partial charge >= 0.3 is 0 Å². The maximum absolute atomic E-state index is 12.0. The van der Waals surface area contributed by atoms with E-state index in [9.17, 15) is 4.79 Å². The maximum atomic E-state index is 12.0. The fourth-order valence-corrected chi connectivity index (χ4v) is 2.18. The highest BCUT2D eigenvalue weighted by Gasteiger charge is 2.34. The first-order valence-corrected chi connectivity index (χ1v) is 5.63. The van der Waals surface area contributed by atoms with Crippen LogP contribution in [0, 0.1) is 0 Å². The van der Waals surface area contributed by atoms with Gasteiger partial charge in [0.25, 0.3) is 5.91 Å². The Morgan fingerprint density at radius 1 is 1.40 bits per heavy atom. The molecule has 0 spiro atoms. The standard InChI is InChI=1S/C11H19NO3/c1-11(2)8-12(5-7-15-11)10(13)9-4-3-6-14-9/h9H,3-8H2,1-2H3/t9-/m1/s1. The topological polar surface area (TPSA) is 38.8 Å². The largest absolute Gasteiger partial charge is 0.372 e. The number of amides is 1. The zero-order valence-electron chi connectivity index (χ0n) is 9.49. The molecule has 2 aliphatic rings. The van der Waals surface area contributed by atoms with E-state index in [1.807, 2.05) is 18.7 Å². The van der Waals surface area contributed by atoms with E-state index in [1.54, 1.807) is 0 Å². The number of morpholine rings is 1. The van der Waals surface area contributed by atoms with Crippen molar-refractivity contribution in [1.82, 2.24) is 4.90 Å². The molecule has 1 atom stereocenters. The first kappa shape index (κ1) is 10.9. The molecule has 0 saturated carbocycles. The van der Waals surface area contributed by atoms with Gasteiger partial charge in [0.2, 0.25) is 0 Å². The molecule has 0 aromatic carbocycles. The molecule has 2 heterocycles. The Morgan fingerprint density at radius 2 is 2.20 bits per heavy atom. The minimum Gasteiger partial charge on any atom is -0.372 e. The lowest BCUT2D eigenvalue weighted by Gasteiger charge is -2.38. The van der Waals surface area contributed by atoms with E-state index in [1.165, 1.54) is 0 Å². The van der Waals surface area contributed by atoms with Crippen LogP contribution in [0.25, 0.3) is 0 Å². The number of hydrogen-bond donors (Lipinski definition) is 0. The van der Waals surface area contributed by atoms with E-state index in [0.29, 0.717) is 19.7 Å². The molecule has 0 unspecified atom stereocenters. The monoisotopic (exact) mass is 213 g/mol. The second kappa shape index (κ2) is 4.10. The summed E-state index contributed by atoms with van der Waals surface area (Å²) in [5.74, 6) is 0.142. The molecule has 0 bridgehead atoms. The predicted octanol–water partition coefficient (Wildman–Crippen LogP) is 0.803. The van der Waals surface area contributed by atoms with Gasteiger partial charge in [-0.15, -0.1) is 0 Å². The highest BCUT2D eigenvalue weighted by molar-refractivity contribution is 5.81. The number of rotatable bonds is 1. The maximum Gasteiger partial charge on any atom is 0.251 e. The second-order valence-corrected chi connectivity index (χ2v) is 4.87. The normalized spacial score (nSPS) is 30.5. The van der Waals surface area contributed by atoms with Crippen LogP contribution in [0.4, 0.5) is 0 Å². The van der Waals surface area contributed by atoms with Gasteiger partial charge in [-0.3, -0.25) is 4.79 Å². The van der Waals surface area contributed by atoms with Crippen LogP contribution in [-0.4, -0.2) is 48.8 Å². The Bertz CT molecular complexity index is 246. The Morgan fingerprint density at radius 3 is 2.80 bits per heavy atom. The number of carbonyl (C=O) groups is 1. The number of ether oxygens (including phenoxy) is 2. The average Bonchev–Trinajstić information content (AvgIpc) is 2.67. The zero-order chi connectivity index (χ0) is 10.9. The first-order chi connectivity index (χ1) is 7.08. The lowest BCUT2D eigenvalue weighted by Crippen LogP contribution is -2.53. The fourth-order valence-electron chi connectivity index (χ4n) is 2.18. The molecule has 2 aliphatic heterocycles. The lowest BCUT2D eigenvalue weighted by atomic mass is 10.1. The molecular weight excluding hydrogens is 194 g/mol. The highest BCUT2D eigenvalue weighted by Crippen LogP contribution is 2.20. The van der Waals surface area contributed by atoms with Gasteiger partial charge in [0, 0.05) is 19.7 Å². The van der Waals surface area contributed by atoms with Gasteiger partial charge in [-0.25, -0.2) is 0 Å².